The number of aromatic nitrogens is 1. The van der Waals surface area contributed by atoms with E-state index in [2.05, 4.69) is 11.8 Å². The topological polar surface area (TPSA) is 83.3 Å². The van der Waals surface area contributed by atoms with E-state index in [4.69, 9.17) is 16.2 Å². The third-order valence-corrected chi connectivity index (χ3v) is 2.59. The van der Waals surface area contributed by atoms with Crippen molar-refractivity contribution in [3.05, 3.63) is 30.0 Å². The lowest BCUT2D eigenvalue weighted by Crippen LogP contribution is -2.15. The van der Waals surface area contributed by atoms with Crippen LogP contribution in [0.2, 0.25) is 0 Å². The molecule has 0 atom stereocenters. The van der Waals surface area contributed by atoms with Gasteiger partial charge in [0.2, 0.25) is 0 Å². The molecule has 1 aromatic heterocycles. The van der Waals surface area contributed by atoms with Crippen molar-refractivity contribution >= 4 is 22.7 Å². The number of ether oxygens (including phenoxy) is 1. The van der Waals surface area contributed by atoms with E-state index in [0.717, 1.165) is 5.39 Å². The minimum atomic E-state index is -0.455. The average Bonchev–Trinajstić information content (AvgIpc) is 2.73. The van der Waals surface area contributed by atoms with Crippen LogP contribution in [0.25, 0.3) is 10.9 Å². The maximum atomic E-state index is 12.0. The van der Waals surface area contributed by atoms with Crippen LogP contribution in [0.5, 0.6) is 0 Å². The number of rotatable bonds is 1. The van der Waals surface area contributed by atoms with E-state index >= 15 is 0 Å². The number of carbonyl (C=O) groups excluding carboxylic acids is 1. The molecule has 0 saturated carbocycles. The summed E-state index contributed by atoms with van der Waals surface area (Å²) in [5.74, 6) is 5.60. The first-order valence-electron chi connectivity index (χ1n) is 5.94. The molecule has 98 valence electrons. The highest BCUT2D eigenvalue weighted by Gasteiger charge is 2.14. The van der Waals surface area contributed by atoms with Crippen LogP contribution in [0.4, 0.5) is 10.5 Å². The molecule has 4 N–H and O–H groups in total. The van der Waals surface area contributed by atoms with Crippen molar-refractivity contribution in [3.63, 3.8) is 0 Å². The van der Waals surface area contributed by atoms with Gasteiger partial charge in [-0.05, 0) is 37.1 Å². The van der Waals surface area contributed by atoms with Gasteiger partial charge < -0.3 is 16.2 Å². The smallest absolute Gasteiger partial charge is 0.419 e. The highest BCUT2D eigenvalue weighted by atomic mass is 16.5. The zero-order valence-corrected chi connectivity index (χ0v) is 10.6. The van der Waals surface area contributed by atoms with E-state index < -0.39 is 6.09 Å². The molecule has 1 heterocycles. The Labute approximate surface area is 111 Å². The average molecular weight is 257 g/mol. The largest absolute Gasteiger partial charge is 0.449 e. The Balaban J connectivity index is 2.64. The lowest BCUT2D eigenvalue weighted by atomic mass is 10.2. The van der Waals surface area contributed by atoms with Crippen LogP contribution < -0.4 is 11.5 Å². The summed E-state index contributed by atoms with van der Waals surface area (Å²) in [6.45, 7) is 2.29. The monoisotopic (exact) mass is 257 g/mol. The second-order valence-corrected chi connectivity index (χ2v) is 3.89. The molecular weight excluding hydrogens is 242 g/mol. The molecule has 0 bridgehead atoms. The van der Waals surface area contributed by atoms with Crippen molar-refractivity contribution in [3.8, 4) is 11.8 Å². The molecule has 0 unspecified atom stereocenters. The highest BCUT2D eigenvalue weighted by Crippen LogP contribution is 2.22. The fourth-order valence-corrected chi connectivity index (χ4v) is 1.85. The minimum Gasteiger partial charge on any atom is -0.449 e. The summed E-state index contributed by atoms with van der Waals surface area (Å²) in [5, 5.41) is 0.842. The summed E-state index contributed by atoms with van der Waals surface area (Å²) >= 11 is 0. The lowest BCUT2D eigenvalue weighted by Gasteiger charge is -2.05. The molecule has 0 spiro atoms. The molecular formula is C14H15N3O2. The first-order valence-corrected chi connectivity index (χ1v) is 5.94. The van der Waals surface area contributed by atoms with E-state index in [-0.39, 0.29) is 6.54 Å². The molecule has 5 nitrogen and oxygen atoms in total. The maximum absolute atomic E-state index is 12.0. The van der Waals surface area contributed by atoms with E-state index in [1.165, 1.54) is 4.57 Å². The summed E-state index contributed by atoms with van der Waals surface area (Å²) in [5.41, 5.74) is 13.0. The van der Waals surface area contributed by atoms with Gasteiger partial charge in [0, 0.05) is 11.1 Å². The van der Waals surface area contributed by atoms with Crippen molar-refractivity contribution < 1.29 is 9.53 Å². The number of nitrogen functional groups attached to an aromatic ring is 1. The van der Waals surface area contributed by atoms with E-state index in [0.29, 0.717) is 23.5 Å². The molecule has 0 saturated heterocycles. The van der Waals surface area contributed by atoms with E-state index in [9.17, 15) is 4.79 Å². The molecule has 0 amide bonds. The Morgan fingerprint density at radius 1 is 1.42 bits per heavy atom. The fraction of sp³-hybridized carbons (Fsp3) is 0.214. The minimum absolute atomic E-state index is 0.229. The van der Waals surface area contributed by atoms with Gasteiger partial charge in [0.25, 0.3) is 0 Å². The second kappa shape index (κ2) is 5.46. The third-order valence-electron chi connectivity index (χ3n) is 2.59. The van der Waals surface area contributed by atoms with Gasteiger partial charge >= 0.3 is 6.09 Å². The van der Waals surface area contributed by atoms with E-state index in [1.807, 2.05) is 0 Å². The van der Waals surface area contributed by atoms with Crippen LogP contribution in [-0.2, 0) is 4.74 Å². The van der Waals surface area contributed by atoms with Crippen molar-refractivity contribution in [1.29, 1.82) is 0 Å². The van der Waals surface area contributed by atoms with Crippen molar-refractivity contribution in [2.75, 3.05) is 18.9 Å². The molecule has 0 radical (unpaired) electrons. The van der Waals surface area contributed by atoms with Gasteiger partial charge in [-0.3, -0.25) is 0 Å². The number of anilines is 1. The number of benzene rings is 1. The summed E-state index contributed by atoms with van der Waals surface area (Å²) in [4.78, 5) is 12.0. The standard InChI is InChI=1S/C14H15N3O2/c1-2-19-14(18)17-12(4-3-7-15)9-10-8-11(16)5-6-13(10)17/h5-6,8-9H,2,7,15-16H2,1H3. The summed E-state index contributed by atoms with van der Waals surface area (Å²) in [7, 11) is 0. The Morgan fingerprint density at radius 2 is 2.21 bits per heavy atom. The quantitative estimate of drug-likeness (QED) is 0.599. The third kappa shape index (κ3) is 2.54. The number of carbonyl (C=O) groups is 1. The lowest BCUT2D eigenvalue weighted by molar-refractivity contribution is 0.155. The molecule has 0 fully saturated rings. The van der Waals surface area contributed by atoms with Crippen LogP contribution in [0, 0.1) is 11.8 Å². The number of hydrogen-bond donors (Lipinski definition) is 2. The Bertz CT molecular complexity index is 677. The van der Waals surface area contributed by atoms with Gasteiger partial charge in [-0.1, -0.05) is 5.92 Å². The molecule has 0 aliphatic carbocycles. The second-order valence-electron chi connectivity index (χ2n) is 3.89. The molecule has 5 heteroatoms. The number of nitrogens with zero attached hydrogens (tertiary/aromatic N) is 1. The fourth-order valence-electron chi connectivity index (χ4n) is 1.85. The normalized spacial score (nSPS) is 10.0. The van der Waals surface area contributed by atoms with Gasteiger partial charge in [-0.25, -0.2) is 9.36 Å². The molecule has 1 aromatic carbocycles. The summed E-state index contributed by atoms with van der Waals surface area (Å²) in [6.07, 6.45) is -0.455. The van der Waals surface area contributed by atoms with Crippen LogP contribution in [0.15, 0.2) is 24.3 Å². The number of nitrogens with two attached hydrogens (primary N) is 2. The number of fused-ring (bicyclic) bond motifs is 1. The van der Waals surface area contributed by atoms with Gasteiger partial charge in [0.15, 0.2) is 0 Å². The SMILES string of the molecule is CCOC(=O)n1c(C#CCN)cc2cc(N)ccc21. The number of hydrogen-bond acceptors (Lipinski definition) is 4. The molecule has 2 rings (SSSR count). The van der Waals surface area contributed by atoms with Crippen molar-refractivity contribution in [2.45, 2.75) is 6.92 Å². The highest BCUT2D eigenvalue weighted by molar-refractivity contribution is 5.93. The molecule has 2 aromatic rings. The van der Waals surface area contributed by atoms with E-state index in [1.54, 1.807) is 31.2 Å². The van der Waals surface area contributed by atoms with Crippen LogP contribution in [0.1, 0.15) is 12.6 Å². The maximum Gasteiger partial charge on any atom is 0.419 e. The van der Waals surface area contributed by atoms with Gasteiger partial charge in [0.05, 0.1) is 18.7 Å². The van der Waals surface area contributed by atoms with Crippen molar-refractivity contribution in [2.24, 2.45) is 5.73 Å². The Hall–Kier alpha value is -2.45. The predicted molar refractivity (Wildman–Crippen MR) is 74.7 cm³/mol. The van der Waals surface area contributed by atoms with Gasteiger partial charge in [0.1, 0.15) is 5.69 Å². The van der Waals surface area contributed by atoms with Crippen LogP contribution in [0.3, 0.4) is 0 Å². The van der Waals surface area contributed by atoms with Gasteiger partial charge in [-0.2, -0.15) is 0 Å². The van der Waals surface area contributed by atoms with Gasteiger partial charge in [-0.15, -0.1) is 0 Å². The first-order chi connectivity index (χ1) is 9.17. The molecule has 0 aliphatic heterocycles. The zero-order valence-electron chi connectivity index (χ0n) is 10.6. The predicted octanol–water partition coefficient (Wildman–Crippen LogP) is 1.54. The summed E-state index contributed by atoms with van der Waals surface area (Å²) in [6, 6.07) is 7.09. The zero-order chi connectivity index (χ0) is 13.8. The van der Waals surface area contributed by atoms with Crippen LogP contribution >= 0.6 is 0 Å². The Kier molecular flexibility index (Phi) is 3.74. The molecule has 0 aliphatic rings. The Morgan fingerprint density at radius 3 is 2.89 bits per heavy atom. The molecule has 19 heavy (non-hydrogen) atoms. The summed E-state index contributed by atoms with van der Waals surface area (Å²) < 4.78 is 6.47. The van der Waals surface area contributed by atoms with Crippen molar-refractivity contribution in [1.82, 2.24) is 4.57 Å². The first kappa shape index (κ1) is 13.0. The van der Waals surface area contributed by atoms with Crippen LogP contribution in [-0.4, -0.2) is 23.8 Å².